The quantitative estimate of drug-likeness (QED) is 0.664. The second-order valence-electron chi connectivity index (χ2n) is 3.88. The summed E-state index contributed by atoms with van der Waals surface area (Å²) in [6, 6.07) is 0. The maximum absolute atomic E-state index is 11.8. The van der Waals surface area contributed by atoms with E-state index in [0.717, 1.165) is 0 Å². The van der Waals surface area contributed by atoms with Crippen LogP contribution in [-0.4, -0.2) is 36.8 Å². The van der Waals surface area contributed by atoms with Crippen LogP contribution >= 0.6 is 0 Å². The van der Waals surface area contributed by atoms with Crippen molar-refractivity contribution in [3.05, 3.63) is 11.6 Å². The van der Waals surface area contributed by atoms with Gasteiger partial charge in [0.25, 0.3) is 0 Å². The zero-order valence-electron chi connectivity index (χ0n) is 8.84. The molecule has 0 spiro atoms. The summed E-state index contributed by atoms with van der Waals surface area (Å²) < 4.78 is 41.6. The molecule has 86 valence electrons. The molecule has 0 saturated heterocycles. The van der Waals surface area contributed by atoms with E-state index in [4.69, 9.17) is 0 Å². The summed E-state index contributed by atoms with van der Waals surface area (Å²) in [5.74, 6) is 0.425. The molecule has 0 bridgehead atoms. The van der Waals surface area contributed by atoms with E-state index in [9.17, 15) is 13.2 Å². The van der Waals surface area contributed by atoms with E-state index in [1.165, 1.54) is 5.57 Å². The number of rotatable bonds is 4. The minimum Gasteiger partial charge on any atom is -0.314 e. The molecule has 5 heteroatoms. The highest BCUT2D eigenvalue weighted by Crippen LogP contribution is 2.15. The molecule has 1 aliphatic rings. The second kappa shape index (κ2) is 4.79. The van der Waals surface area contributed by atoms with Gasteiger partial charge in [0, 0.05) is 11.6 Å². The van der Waals surface area contributed by atoms with Crippen molar-refractivity contribution in [1.82, 2.24) is 0 Å². The number of allylic oxidation sites excluding steroid dienone is 1. The van der Waals surface area contributed by atoms with Gasteiger partial charge in [-0.3, -0.25) is 0 Å². The first-order valence-electron chi connectivity index (χ1n) is 4.81. The molecule has 0 fully saturated rings. The number of hydrogen-bond acceptors (Lipinski definition) is 1. The van der Waals surface area contributed by atoms with E-state index < -0.39 is 12.8 Å². The number of ether oxygens (including phenoxy) is 1. The lowest BCUT2D eigenvalue weighted by Crippen LogP contribution is -2.23. The Morgan fingerprint density at radius 1 is 1.47 bits per heavy atom. The molecule has 0 amide bonds. The topological polar surface area (TPSA) is 12.2 Å². The van der Waals surface area contributed by atoms with Gasteiger partial charge in [0.15, 0.2) is 12.8 Å². The van der Waals surface area contributed by atoms with Gasteiger partial charge in [-0.1, -0.05) is 13.8 Å². The normalized spacial score (nSPS) is 16.9. The first-order chi connectivity index (χ1) is 6.88. The van der Waals surface area contributed by atoms with Crippen LogP contribution in [0.3, 0.4) is 0 Å². The zero-order chi connectivity index (χ0) is 11.5. The third kappa shape index (κ3) is 4.46. The van der Waals surface area contributed by atoms with Gasteiger partial charge in [-0.05, 0) is 5.92 Å². The van der Waals surface area contributed by atoms with Gasteiger partial charge in [0.1, 0.15) is 6.61 Å². The number of halogens is 3. The van der Waals surface area contributed by atoms with E-state index in [2.05, 4.69) is 18.6 Å². The third-order valence-electron chi connectivity index (χ3n) is 2.15. The summed E-state index contributed by atoms with van der Waals surface area (Å²) in [4.78, 5) is 0. The van der Waals surface area contributed by atoms with Crippen LogP contribution in [0.4, 0.5) is 13.2 Å². The van der Waals surface area contributed by atoms with Crippen LogP contribution in [-0.2, 0) is 4.74 Å². The summed E-state index contributed by atoms with van der Waals surface area (Å²) in [6.07, 6.45) is -0.540. The first kappa shape index (κ1) is 12.2. The second-order valence-corrected chi connectivity index (χ2v) is 3.88. The highest BCUT2D eigenvalue weighted by atomic mass is 19.4. The average molecular weight is 222 g/mol. The number of nitrogens with zero attached hydrogens (tertiary/aromatic N) is 1. The van der Waals surface area contributed by atoms with Gasteiger partial charge in [0.2, 0.25) is 6.73 Å². The Bertz CT molecular complexity index is 279. The lowest BCUT2D eigenvalue weighted by Gasteiger charge is -2.07. The average Bonchev–Trinajstić information content (AvgIpc) is 2.50. The van der Waals surface area contributed by atoms with Gasteiger partial charge in [-0.25, -0.2) is 4.58 Å². The molecule has 0 N–H and O–H groups in total. The smallest absolute Gasteiger partial charge is 0.314 e. The van der Waals surface area contributed by atoms with Crippen LogP contribution in [0.1, 0.15) is 13.8 Å². The van der Waals surface area contributed by atoms with Gasteiger partial charge >= 0.3 is 6.18 Å². The van der Waals surface area contributed by atoms with Crippen molar-refractivity contribution in [2.75, 3.05) is 19.9 Å². The van der Waals surface area contributed by atoms with Gasteiger partial charge in [-0.2, -0.15) is 13.2 Å². The van der Waals surface area contributed by atoms with Crippen molar-refractivity contribution in [3.63, 3.8) is 0 Å². The van der Waals surface area contributed by atoms with Gasteiger partial charge in [-0.15, -0.1) is 0 Å². The standard InChI is InChI=1S/C10H15F3NO/c1-8(2)9-3-4-14(5-9)7-15-6-10(11,12)13/h3-4,8H,5-7H2,1-2H3/q+1. The summed E-state index contributed by atoms with van der Waals surface area (Å²) in [5, 5.41) is 0. The molecule has 0 aromatic carbocycles. The molecule has 2 nitrogen and oxygen atoms in total. The maximum Gasteiger partial charge on any atom is 0.412 e. The van der Waals surface area contributed by atoms with E-state index in [0.29, 0.717) is 12.5 Å². The van der Waals surface area contributed by atoms with Crippen molar-refractivity contribution in [2.24, 2.45) is 5.92 Å². The predicted octanol–water partition coefficient (Wildman–Crippen LogP) is 2.20. The molecule has 0 aliphatic carbocycles. The monoisotopic (exact) mass is 222 g/mol. The fourth-order valence-corrected chi connectivity index (χ4v) is 1.28. The van der Waals surface area contributed by atoms with Crippen molar-refractivity contribution in [1.29, 1.82) is 0 Å². The molecule has 0 aromatic rings. The largest absolute Gasteiger partial charge is 0.412 e. The molecule has 0 atom stereocenters. The Labute approximate surface area is 87.0 Å². The fourth-order valence-electron chi connectivity index (χ4n) is 1.28. The lowest BCUT2D eigenvalue weighted by atomic mass is 10.1. The van der Waals surface area contributed by atoms with Gasteiger partial charge in [0.05, 0.1) is 0 Å². The minimum atomic E-state index is -4.24. The Morgan fingerprint density at radius 2 is 2.13 bits per heavy atom. The Kier molecular flexibility index (Phi) is 3.90. The Balaban J connectivity index is 2.22. The van der Waals surface area contributed by atoms with Crippen LogP contribution in [0.15, 0.2) is 11.6 Å². The Hall–Kier alpha value is -0.840. The molecule has 0 radical (unpaired) electrons. The van der Waals surface area contributed by atoms with Crippen molar-refractivity contribution >= 4 is 6.21 Å². The number of alkyl halides is 3. The molecule has 0 unspecified atom stereocenters. The summed E-state index contributed by atoms with van der Waals surface area (Å²) in [6.45, 7) is 3.58. The Morgan fingerprint density at radius 3 is 2.60 bits per heavy atom. The molecular formula is C10H15F3NO+. The molecule has 0 aromatic heterocycles. The van der Waals surface area contributed by atoms with E-state index in [1.807, 2.05) is 6.08 Å². The number of hydrogen-bond donors (Lipinski definition) is 0. The third-order valence-corrected chi connectivity index (χ3v) is 2.15. The van der Waals surface area contributed by atoms with Crippen LogP contribution in [0.25, 0.3) is 0 Å². The molecule has 15 heavy (non-hydrogen) atoms. The molecular weight excluding hydrogens is 207 g/mol. The van der Waals surface area contributed by atoms with Crippen molar-refractivity contribution < 1.29 is 22.5 Å². The summed E-state index contributed by atoms with van der Waals surface area (Å²) >= 11 is 0. The molecule has 0 saturated carbocycles. The minimum absolute atomic E-state index is 0.00771. The molecule has 1 rings (SSSR count). The van der Waals surface area contributed by atoms with Crippen LogP contribution in [0, 0.1) is 5.92 Å². The predicted molar refractivity (Wildman–Crippen MR) is 51.0 cm³/mol. The fraction of sp³-hybridized carbons (Fsp3) is 0.700. The highest BCUT2D eigenvalue weighted by molar-refractivity contribution is 5.69. The van der Waals surface area contributed by atoms with Crippen molar-refractivity contribution in [3.8, 4) is 0 Å². The van der Waals surface area contributed by atoms with Crippen molar-refractivity contribution in [2.45, 2.75) is 20.0 Å². The SMILES string of the molecule is CC(C)C1=CC=[N+](COCC(F)(F)F)C1. The van der Waals surface area contributed by atoms with Gasteiger partial charge < -0.3 is 4.74 Å². The van der Waals surface area contributed by atoms with Crippen LogP contribution < -0.4 is 0 Å². The van der Waals surface area contributed by atoms with Crippen LogP contribution in [0.2, 0.25) is 0 Å². The lowest BCUT2D eigenvalue weighted by molar-refractivity contribution is -0.556. The van der Waals surface area contributed by atoms with E-state index in [-0.39, 0.29) is 6.73 Å². The molecule has 1 heterocycles. The first-order valence-corrected chi connectivity index (χ1v) is 4.81. The zero-order valence-corrected chi connectivity index (χ0v) is 8.84. The highest BCUT2D eigenvalue weighted by Gasteiger charge is 2.28. The van der Waals surface area contributed by atoms with E-state index >= 15 is 0 Å². The maximum atomic E-state index is 11.8. The van der Waals surface area contributed by atoms with Crippen LogP contribution in [0.5, 0.6) is 0 Å². The summed E-state index contributed by atoms with van der Waals surface area (Å²) in [7, 11) is 0. The molecule has 1 aliphatic heterocycles. The summed E-state index contributed by atoms with van der Waals surface area (Å²) in [5.41, 5.74) is 1.21. The van der Waals surface area contributed by atoms with E-state index in [1.54, 1.807) is 10.8 Å².